The molecule has 3 rings (SSSR count). The van der Waals surface area contributed by atoms with Gasteiger partial charge >= 0.3 is 0 Å². The van der Waals surface area contributed by atoms with Gasteiger partial charge in [-0.15, -0.1) is 0 Å². The molecule has 1 aliphatic rings. The molecule has 0 spiro atoms. The van der Waals surface area contributed by atoms with E-state index in [1.807, 2.05) is 31.3 Å². The summed E-state index contributed by atoms with van der Waals surface area (Å²) >= 11 is 0. The third kappa shape index (κ3) is 2.83. The standard InChI is InChI=1S/C17H20N2O/c1-18-15-8-5-9-16-14(15)10-11-17(19-16)20-12-13-6-3-2-4-7-13/h2-4,6-7,10-11,15,18H,5,8-9,12H2,1H3. The second-order valence-electron chi connectivity index (χ2n) is 5.19. The van der Waals surface area contributed by atoms with Gasteiger partial charge in [0.05, 0.1) is 0 Å². The molecule has 0 aliphatic heterocycles. The monoisotopic (exact) mass is 268 g/mol. The van der Waals surface area contributed by atoms with Crippen LogP contribution in [0, 0.1) is 0 Å². The lowest BCUT2D eigenvalue weighted by atomic mass is 9.91. The molecule has 2 aromatic rings. The van der Waals surface area contributed by atoms with E-state index in [0.29, 0.717) is 12.6 Å². The van der Waals surface area contributed by atoms with Gasteiger partial charge in [0.15, 0.2) is 0 Å². The van der Waals surface area contributed by atoms with E-state index in [1.165, 1.54) is 29.7 Å². The molecule has 0 bridgehead atoms. The Morgan fingerprint density at radius 1 is 1.20 bits per heavy atom. The molecule has 1 aromatic carbocycles. The van der Waals surface area contributed by atoms with Crippen LogP contribution < -0.4 is 10.1 Å². The molecule has 1 atom stereocenters. The Morgan fingerprint density at radius 2 is 2.05 bits per heavy atom. The lowest BCUT2D eigenvalue weighted by Gasteiger charge is -2.24. The van der Waals surface area contributed by atoms with Crippen molar-refractivity contribution in [3.63, 3.8) is 0 Å². The Kier molecular flexibility index (Phi) is 3.97. The lowest BCUT2D eigenvalue weighted by molar-refractivity contribution is 0.292. The summed E-state index contributed by atoms with van der Waals surface area (Å²) in [7, 11) is 2.01. The van der Waals surface area contributed by atoms with Gasteiger partial charge in [-0.25, -0.2) is 4.98 Å². The maximum atomic E-state index is 5.80. The Hall–Kier alpha value is -1.87. The van der Waals surface area contributed by atoms with Crippen LogP contribution in [-0.4, -0.2) is 12.0 Å². The predicted molar refractivity (Wildman–Crippen MR) is 79.7 cm³/mol. The number of nitrogens with zero attached hydrogens (tertiary/aromatic N) is 1. The first-order chi connectivity index (χ1) is 9.86. The molecule has 1 heterocycles. The van der Waals surface area contributed by atoms with E-state index in [1.54, 1.807) is 0 Å². The van der Waals surface area contributed by atoms with Crippen molar-refractivity contribution < 1.29 is 4.74 Å². The Labute approximate surface area is 120 Å². The zero-order valence-electron chi connectivity index (χ0n) is 11.8. The average Bonchev–Trinajstić information content (AvgIpc) is 2.53. The van der Waals surface area contributed by atoms with Crippen molar-refractivity contribution in [3.05, 3.63) is 59.3 Å². The highest BCUT2D eigenvalue weighted by atomic mass is 16.5. The molecule has 1 aliphatic carbocycles. The highest BCUT2D eigenvalue weighted by molar-refractivity contribution is 5.30. The first kappa shape index (κ1) is 13.1. The minimum absolute atomic E-state index is 0.439. The number of nitrogens with one attached hydrogen (secondary N) is 1. The fraction of sp³-hybridized carbons (Fsp3) is 0.353. The number of fused-ring (bicyclic) bond motifs is 1. The highest BCUT2D eigenvalue weighted by Gasteiger charge is 2.20. The number of aryl methyl sites for hydroxylation is 1. The van der Waals surface area contributed by atoms with Gasteiger partial charge in [-0.2, -0.15) is 0 Å². The van der Waals surface area contributed by atoms with Gasteiger partial charge in [0, 0.05) is 17.8 Å². The zero-order chi connectivity index (χ0) is 13.8. The SMILES string of the molecule is CNC1CCCc2nc(OCc3ccccc3)ccc21. The Morgan fingerprint density at radius 3 is 2.85 bits per heavy atom. The molecular weight excluding hydrogens is 248 g/mol. The van der Waals surface area contributed by atoms with Crippen LogP contribution in [0.2, 0.25) is 0 Å². The summed E-state index contributed by atoms with van der Waals surface area (Å²) in [6.07, 6.45) is 3.43. The molecule has 0 saturated heterocycles. The third-order valence-corrected chi connectivity index (χ3v) is 3.84. The molecular formula is C17H20N2O. The van der Waals surface area contributed by atoms with Gasteiger partial charge in [0.25, 0.3) is 0 Å². The summed E-state index contributed by atoms with van der Waals surface area (Å²) in [6.45, 7) is 0.572. The molecule has 0 saturated carbocycles. The van der Waals surface area contributed by atoms with Gasteiger partial charge in [-0.1, -0.05) is 36.4 Å². The number of pyridine rings is 1. The summed E-state index contributed by atoms with van der Waals surface area (Å²) in [6, 6.07) is 14.8. The molecule has 1 N–H and O–H groups in total. The molecule has 3 heteroatoms. The largest absolute Gasteiger partial charge is 0.473 e. The molecule has 1 aromatic heterocycles. The minimum Gasteiger partial charge on any atom is -0.473 e. The molecule has 1 unspecified atom stereocenters. The zero-order valence-corrected chi connectivity index (χ0v) is 11.8. The van der Waals surface area contributed by atoms with Crippen molar-refractivity contribution in [2.75, 3.05) is 7.05 Å². The second kappa shape index (κ2) is 6.06. The molecule has 104 valence electrons. The fourth-order valence-electron chi connectivity index (χ4n) is 2.75. The molecule has 0 amide bonds. The van der Waals surface area contributed by atoms with Gasteiger partial charge in [-0.3, -0.25) is 0 Å². The summed E-state index contributed by atoms with van der Waals surface area (Å²) in [5.41, 5.74) is 3.67. The van der Waals surface area contributed by atoms with Crippen LogP contribution in [0.3, 0.4) is 0 Å². The van der Waals surface area contributed by atoms with Gasteiger partial charge in [0.2, 0.25) is 5.88 Å². The highest BCUT2D eigenvalue weighted by Crippen LogP contribution is 2.29. The van der Waals surface area contributed by atoms with Crippen LogP contribution in [0.1, 0.15) is 35.7 Å². The van der Waals surface area contributed by atoms with Crippen molar-refractivity contribution in [2.45, 2.75) is 31.9 Å². The Bertz CT molecular complexity index is 568. The summed E-state index contributed by atoms with van der Waals surface area (Å²) in [4.78, 5) is 4.66. The number of hydrogen-bond acceptors (Lipinski definition) is 3. The van der Waals surface area contributed by atoms with Crippen molar-refractivity contribution >= 4 is 0 Å². The fourth-order valence-corrected chi connectivity index (χ4v) is 2.75. The lowest BCUT2D eigenvalue weighted by Crippen LogP contribution is -2.22. The average molecular weight is 268 g/mol. The number of aromatic nitrogens is 1. The van der Waals surface area contributed by atoms with Crippen molar-refractivity contribution in [1.29, 1.82) is 0 Å². The Balaban J connectivity index is 1.72. The molecule has 0 radical (unpaired) electrons. The van der Waals surface area contributed by atoms with E-state index in [9.17, 15) is 0 Å². The minimum atomic E-state index is 0.439. The summed E-state index contributed by atoms with van der Waals surface area (Å²) in [5, 5.41) is 3.36. The van der Waals surface area contributed by atoms with E-state index in [4.69, 9.17) is 4.74 Å². The van der Waals surface area contributed by atoms with E-state index < -0.39 is 0 Å². The van der Waals surface area contributed by atoms with E-state index in [2.05, 4.69) is 28.5 Å². The van der Waals surface area contributed by atoms with Crippen molar-refractivity contribution in [3.8, 4) is 5.88 Å². The topological polar surface area (TPSA) is 34.2 Å². The number of hydrogen-bond donors (Lipinski definition) is 1. The first-order valence-corrected chi connectivity index (χ1v) is 7.20. The van der Waals surface area contributed by atoms with Crippen LogP contribution in [0.5, 0.6) is 5.88 Å². The van der Waals surface area contributed by atoms with Crippen LogP contribution in [0.15, 0.2) is 42.5 Å². The van der Waals surface area contributed by atoms with E-state index >= 15 is 0 Å². The number of rotatable bonds is 4. The van der Waals surface area contributed by atoms with Gasteiger partial charge in [-0.05, 0) is 37.4 Å². The van der Waals surface area contributed by atoms with Crippen LogP contribution in [-0.2, 0) is 13.0 Å². The second-order valence-corrected chi connectivity index (χ2v) is 5.19. The first-order valence-electron chi connectivity index (χ1n) is 7.20. The molecule has 20 heavy (non-hydrogen) atoms. The number of benzene rings is 1. The van der Waals surface area contributed by atoms with Crippen molar-refractivity contribution in [2.24, 2.45) is 0 Å². The number of ether oxygens (including phenoxy) is 1. The summed E-state index contributed by atoms with van der Waals surface area (Å²) < 4.78 is 5.80. The van der Waals surface area contributed by atoms with Crippen LogP contribution in [0.25, 0.3) is 0 Å². The predicted octanol–water partition coefficient (Wildman–Crippen LogP) is 3.26. The van der Waals surface area contributed by atoms with E-state index in [-0.39, 0.29) is 0 Å². The summed E-state index contributed by atoms with van der Waals surface area (Å²) in [5.74, 6) is 0.726. The molecule has 3 nitrogen and oxygen atoms in total. The normalized spacial score (nSPS) is 17.6. The van der Waals surface area contributed by atoms with E-state index in [0.717, 1.165) is 12.3 Å². The third-order valence-electron chi connectivity index (χ3n) is 3.84. The van der Waals surface area contributed by atoms with Gasteiger partial charge < -0.3 is 10.1 Å². The van der Waals surface area contributed by atoms with Crippen molar-refractivity contribution in [1.82, 2.24) is 10.3 Å². The maximum Gasteiger partial charge on any atom is 0.213 e. The van der Waals surface area contributed by atoms with Gasteiger partial charge in [0.1, 0.15) is 6.61 Å². The quantitative estimate of drug-likeness (QED) is 0.924. The van der Waals surface area contributed by atoms with Crippen LogP contribution in [0.4, 0.5) is 0 Å². The smallest absolute Gasteiger partial charge is 0.213 e. The maximum absolute atomic E-state index is 5.80. The molecule has 0 fully saturated rings. The van der Waals surface area contributed by atoms with Crippen LogP contribution >= 0.6 is 0 Å².